The first-order valence-corrected chi connectivity index (χ1v) is 9.02. The molecule has 1 atom stereocenters. The van der Waals surface area contributed by atoms with Crippen molar-refractivity contribution in [1.82, 2.24) is 9.47 Å². The van der Waals surface area contributed by atoms with Gasteiger partial charge in [-0.05, 0) is 55.3 Å². The van der Waals surface area contributed by atoms with E-state index in [0.29, 0.717) is 11.6 Å². The predicted octanol–water partition coefficient (Wildman–Crippen LogP) is 5.55. The zero-order chi connectivity index (χ0) is 18.3. The Hall–Kier alpha value is -2.72. The van der Waals surface area contributed by atoms with E-state index in [1.807, 2.05) is 54.4 Å². The first-order chi connectivity index (χ1) is 12.6. The minimum absolute atomic E-state index is 0.0584. The van der Waals surface area contributed by atoms with E-state index in [1.165, 1.54) is 0 Å². The highest BCUT2D eigenvalue weighted by Crippen LogP contribution is 2.32. The molecule has 0 saturated carbocycles. The first-order valence-electron chi connectivity index (χ1n) is 8.64. The van der Waals surface area contributed by atoms with Crippen LogP contribution in [0.5, 0.6) is 0 Å². The number of hydrogen-bond donors (Lipinski definition) is 1. The minimum atomic E-state index is -0.132. The van der Waals surface area contributed by atoms with Gasteiger partial charge < -0.3 is 14.8 Å². The van der Waals surface area contributed by atoms with E-state index in [-0.39, 0.29) is 12.1 Å². The highest BCUT2D eigenvalue weighted by Gasteiger charge is 2.28. The van der Waals surface area contributed by atoms with E-state index >= 15 is 0 Å². The van der Waals surface area contributed by atoms with Gasteiger partial charge in [-0.1, -0.05) is 35.9 Å². The molecule has 2 aromatic carbocycles. The molecule has 0 saturated heterocycles. The molecular weight excluding hydrogens is 346 g/mol. The Bertz CT molecular complexity index is 979. The third-order valence-corrected chi connectivity index (χ3v) is 5.45. The highest BCUT2D eigenvalue weighted by molar-refractivity contribution is 6.31. The van der Waals surface area contributed by atoms with Gasteiger partial charge in [0.05, 0.1) is 18.3 Å². The van der Waals surface area contributed by atoms with Crippen molar-refractivity contribution in [3.63, 3.8) is 0 Å². The lowest BCUT2D eigenvalue weighted by atomic mass is 10.1. The fourth-order valence-corrected chi connectivity index (χ4v) is 3.67. The van der Waals surface area contributed by atoms with E-state index in [4.69, 9.17) is 11.6 Å². The Morgan fingerprint density at radius 1 is 1.12 bits per heavy atom. The van der Waals surface area contributed by atoms with E-state index in [0.717, 1.165) is 28.2 Å². The molecule has 1 N–H and O–H groups in total. The first kappa shape index (κ1) is 16.7. The van der Waals surface area contributed by atoms with Gasteiger partial charge in [-0.2, -0.15) is 0 Å². The van der Waals surface area contributed by atoms with Crippen LogP contribution in [0, 0.1) is 6.92 Å². The SMILES string of the molecule is Cc1c(Cl)cccc1NC(=O)N1Cc2ccccc2-n2cccc2C1C. The summed E-state index contributed by atoms with van der Waals surface area (Å²) in [6, 6.07) is 17.6. The molecule has 2 amide bonds. The standard InChI is InChI=1S/C21H20ClN3O/c1-14-17(22)8-5-9-18(14)23-21(26)25-13-16-7-3-4-10-20(16)24-12-6-11-19(24)15(25)2/h3-12,15H,13H2,1-2H3,(H,23,26). The molecule has 0 radical (unpaired) electrons. The van der Waals surface area contributed by atoms with Gasteiger partial charge >= 0.3 is 6.03 Å². The van der Waals surface area contributed by atoms with Crippen LogP contribution in [0.3, 0.4) is 0 Å². The topological polar surface area (TPSA) is 37.3 Å². The molecule has 132 valence electrons. The summed E-state index contributed by atoms with van der Waals surface area (Å²) < 4.78 is 2.16. The number of anilines is 1. The maximum atomic E-state index is 13.1. The second-order valence-corrected chi connectivity index (χ2v) is 6.99. The van der Waals surface area contributed by atoms with Crippen LogP contribution in [-0.2, 0) is 6.54 Å². The van der Waals surface area contributed by atoms with Crippen LogP contribution < -0.4 is 5.32 Å². The van der Waals surface area contributed by atoms with Gasteiger partial charge in [-0.25, -0.2) is 4.79 Å². The van der Waals surface area contributed by atoms with Crippen molar-refractivity contribution in [1.29, 1.82) is 0 Å². The Labute approximate surface area is 158 Å². The summed E-state index contributed by atoms with van der Waals surface area (Å²) >= 11 is 6.19. The number of nitrogens with one attached hydrogen (secondary N) is 1. The molecule has 26 heavy (non-hydrogen) atoms. The molecule has 1 aromatic heterocycles. The van der Waals surface area contributed by atoms with E-state index in [9.17, 15) is 4.79 Å². The second-order valence-electron chi connectivity index (χ2n) is 6.58. The van der Waals surface area contributed by atoms with Crippen molar-refractivity contribution in [2.45, 2.75) is 26.4 Å². The molecule has 0 aliphatic carbocycles. The lowest BCUT2D eigenvalue weighted by Crippen LogP contribution is -2.36. The number of aromatic nitrogens is 1. The Kier molecular flexibility index (Phi) is 4.21. The van der Waals surface area contributed by atoms with E-state index in [1.54, 1.807) is 0 Å². The molecular formula is C21H20ClN3O. The molecule has 2 heterocycles. The zero-order valence-corrected chi connectivity index (χ0v) is 15.5. The molecule has 5 heteroatoms. The number of halogens is 1. The average molecular weight is 366 g/mol. The number of rotatable bonds is 1. The van der Waals surface area contributed by atoms with Gasteiger partial charge in [-0.3, -0.25) is 0 Å². The van der Waals surface area contributed by atoms with Crippen molar-refractivity contribution in [2.24, 2.45) is 0 Å². The van der Waals surface area contributed by atoms with Gasteiger partial charge in [0.1, 0.15) is 0 Å². The number of carbonyl (C=O) groups is 1. The molecule has 4 nitrogen and oxygen atoms in total. The lowest BCUT2D eigenvalue weighted by molar-refractivity contribution is 0.189. The summed E-state index contributed by atoms with van der Waals surface area (Å²) in [6.07, 6.45) is 2.05. The van der Waals surface area contributed by atoms with Gasteiger partial charge in [0.25, 0.3) is 0 Å². The molecule has 0 fully saturated rings. The molecule has 0 spiro atoms. The van der Waals surface area contributed by atoms with Crippen molar-refractivity contribution in [3.8, 4) is 5.69 Å². The van der Waals surface area contributed by atoms with Crippen molar-refractivity contribution >= 4 is 23.3 Å². The van der Waals surface area contributed by atoms with Gasteiger partial charge in [0.15, 0.2) is 0 Å². The van der Waals surface area contributed by atoms with Crippen LogP contribution in [0.25, 0.3) is 5.69 Å². The third-order valence-electron chi connectivity index (χ3n) is 5.04. The summed E-state index contributed by atoms with van der Waals surface area (Å²) in [7, 11) is 0. The fraction of sp³-hybridized carbons (Fsp3) is 0.190. The van der Waals surface area contributed by atoms with Crippen LogP contribution in [0.4, 0.5) is 10.5 Å². The number of hydrogen-bond acceptors (Lipinski definition) is 1. The second kappa shape index (κ2) is 6.54. The molecule has 1 aliphatic rings. The van der Waals surface area contributed by atoms with Crippen molar-refractivity contribution < 1.29 is 4.79 Å². The molecule has 1 unspecified atom stereocenters. The number of benzene rings is 2. The normalized spacial score (nSPS) is 15.8. The maximum Gasteiger partial charge on any atom is 0.322 e. The summed E-state index contributed by atoms with van der Waals surface area (Å²) in [4.78, 5) is 15.0. The lowest BCUT2D eigenvalue weighted by Gasteiger charge is -2.28. The minimum Gasteiger partial charge on any atom is -0.318 e. The van der Waals surface area contributed by atoms with Crippen LogP contribution in [0.1, 0.15) is 29.8 Å². The number of urea groups is 1. The molecule has 4 rings (SSSR count). The van der Waals surface area contributed by atoms with Crippen LogP contribution in [0.15, 0.2) is 60.8 Å². The number of amides is 2. The summed E-state index contributed by atoms with van der Waals surface area (Å²) in [5, 5.41) is 3.67. The maximum absolute atomic E-state index is 13.1. The average Bonchev–Trinajstić information content (AvgIpc) is 3.09. The number of carbonyl (C=O) groups excluding carboxylic acids is 1. The monoisotopic (exact) mass is 365 g/mol. The largest absolute Gasteiger partial charge is 0.322 e. The van der Waals surface area contributed by atoms with Crippen LogP contribution >= 0.6 is 11.6 Å². The van der Waals surface area contributed by atoms with Crippen LogP contribution in [-0.4, -0.2) is 15.5 Å². The predicted molar refractivity (Wildman–Crippen MR) is 105 cm³/mol. The highest BCUT2D eigenvalue weighted by atomic mass is 35.5. The Morgan fingerprint density at radius 3 is 2.77 bits per heavy atom. The van der Waals surface area contributed by atoms with Crippen LogP contribution in [0.2, 0.25) is 5.02 Å². The molecule has 1 aliphatic heterocycles. The quantitative estimate of drug-likeness (QED) is 0.603. The van der Waals surface area contributed by atoms with E-state index < -0.39 is 0 Å². The summed E-state index contributed by atoms with van der Waals surface area (Å²) in [6.45, 7) is 4.51. The van der Waals surface area contributed by atoms with Crippen molar-refractivity contribution in [3.05, 3.63) is 82.6 Å². The number of fused-ring (bicyclic) bond motifs is 3. The molecule has 3 aromatic rings. The Balaban J connectivity index is 1.71. The third kappa shape index (κ3) is 2.76. The van der Waals surface area contributed by atoms with Gasteiger partial charge in [-0.15, -0.1) is 0 Å². The van der Waals surface area contributed by atoms with E-state index in [2.05, 4.69) is 35.0 Å². The Morgan fingerprint density at radius 2 is 1.92 bits per heavy atom. The summed E-state index contributed by atoms with van der Waals surface area (Å²) in [5.41, 5.74) is 4.94. The smallest absolute Gasteiger partial charge is 0.318 e. The van der Waals surface area contributed by atoms with Crippen molar-refractivity contribution in [2.75, 3.05) is 5.32 Å². The zero-order valence-electron chi connectivity index (χ0n) is 14.7. The van der Waals surface area contributed by atoms with Gasteiger partial charge in [0, 0.05) is 22.6 Å². The molecule has 0 bridgehead atoms. The summed E-state index contributed by atoms with van der Waals surface area (Å²) in [5.74, 6) is 0. The van der Waals surface area contributed by atoms with Gasteiger partial charge in [0.2, 0.25) is 0 Å². The number of para-hydroxylation sites is 1. The number of nitrogens with zero attached hydrogens (tertiary/aromatic N) is 2. The fourth-order valence-electron chi connectivity index (χ4n) is 3.49.